The second-order valence-electron chi connectivity index (χ2n) is 8.09. The van der Waals surface area contributed by atoms with Gasteiger partial charge in [0.25, 0.3) is 11.8 Å². The molecule has 184 valence electrons. The molecule has 36 heavy (non-hydrogen) atoms. The molecule has 0 spiro atoms. The van der Waals surface area contributed by atoms with E-state index >= 15 is 0 Å². The third-order valence-electron chi connectivity index (χ3n) is 5.43. The summed E-state index contributed by atoms with van der Waals surface area (Å²) >= 11 is 3.37. The van der Waals surface area contributed by atoms with Crippen molar-refractivity contribution in [2.45, 2.75) is 13.5 Å². The monoisotopic (exact) mass is 549 g/mol. The van der Waals surface area contributed by atoms with Gasteiger partial charge in [-0.25, -0.2) is 4.79 Å². The lowest BCUT2D eigenvalue weighted by molar-refractivity contribution is -0.123. The number of nitrogens with zero attached hydrogens (tertiary/aromatic N) is 1. The average molecular weight is 550 g/mol. The van der Waals surface area contributed by atoms with E-state index in [1.54, 1.807) is 30.3 Å². The van der Waals surface area contributed by atoms with Gasteiger partial charge < -0.3 is 20.1 Å². The fourth-order valence-electron chi connectivity index (χ4n) is 3.58. The second kappa shape index (κ2) is 11.1. The van der Waals surface area contributed by atoms with Crippen LogP contribution in [0.15, 0.2) is 76.9 Å². The van der Waals surface area contributed by atoms with E-state index in [1.807, 2.05) is 43.3 Å². The predicted molar refractivity (Wildman–Crippen MR) is 139 cm³/mol. The molecule has 4 amide bonds. The Labute approximate surface area is 217 Å². The van der Waals surface area contributed by atoms with Crippen LogP contribution in [0.25, 0.3) is 6.08 Å². The quantitative estimate of drug-likeness (QED) is 0.308. The van der Waals surface area contributed by atoms with Gasteiger partial charge in [0.2, 0.25) is 0 Å². The largest absolute Gasteiger partial charge is 0.493 e. The molecule has 0 unspecified atom stereocenters. The maximum absolute atomic E-state index is 13.0. The van der Waals surface area contributed by atoms with E-state index in [2.05, 4.69) is 26.6 Å². The van der Waals surface area contributed by atoms with Crippen molar-refractivity contribution in [3.63, 3.8) is 0 Å². The molecule has 0 aliphatic carbocycles. The number of amides is 4. The summed E-state index contributed by atoms with van der Waals surface area (Å²) in [6.45, 7) is 1.82. The van der Waals surface area contributed by atoms with E-state index < -0.39 is 11.9 Å². The Kier molecular flexibility index (Phi) is 7.70. The highest BCUT2D eigenvalue weighted by Crippen LogP contribution is 2.33. The van der Waals surface area contributed by atoms with Crippen molar-refractivity contribution in [3.05, 3.63) is 93.6 Å². The number of ether oxygens (including phenoxy) is 2. The van der Waals surface area contributed by atoms with Gasteiger partial charge in [-0.1, -0.05) is 57.9 Å². The van der Waals surface area contributed by atoms with Crippen molar-refractivity contribution in [2.24, 2.45) is 0 Å². The Morgan fingerprint density at radius 3 is 2.47 bits per heavy atom. The van der Waals surface area contributed by atoms with Crippen molar-refractivity contribution in [3.8, 4) is 11.5 Å². The third kappa shape index (κ3) is 5.92. The number of hydrogen-bond donors (Lipinski definition) is 2. The number of aryl methyl sites for hydroxylation is 1. The number of rotatable bonds is 8. The molecule has 3 aromatic rings. The molecule has 1 aliphatic rings. The summed E-state index contributed by atoms with van der Waals surface area (Å²) in [5.41, 5.74) is 3.13. The Bertz CT molecular complexity index is 1320. The van der Waals surface area contributed by atoms with E-state index in [1.165, 1.54) is 13.2 Å². The van der Waals surface area contributed by atoms with E-state index in [4.69, 9.17) is 9.47 Å². The molecular formula is C27H24BrN3O5. The summed E-state index contributed by atoms with van der Waals surface area (Å²) < 4.78 is 12.1. The second-order valence-corrected chi connectivity index (χ2v) is 9.00. The smallest absolute Gasteiger partial charge is 0.329 e. The van der Waals surface area contributed by atoms with Crippen LogP contribution in [-0.4, -0.2) is 36.5 Å². The molecule has 1 aliphatic heterocycles. The highest BCUT2D eigenvalue weighted by atomic mass is 79.9. The molecule has 1 fully saturated rings. The summed E-state index contributed by atoms with van der Waals surface area (Å²) in [5, 5.41) is 5.39. The maximum Gasteiger partial charge on any atom is 0.329 e. The van der Waals surface area contributed by atoms with Gasteiger partial charge in [0.05, 0.1) is 13.7 Å². The lowest BCUT2D eigenvalue weighted by atomic mass is 10.1. The van der Waals surface area contributed by atoms with E-state index in [-0.39, 0.29) is 30.5 Å². The first-order chi connectivity index (χ1) is 17.3. The zero-order valence-electron chi connectivity index (χ0n) is 19.7. The number of benzene rings is 3. The van der Waals surface area contributed by atoms with Gasteiger partial charge in [-0.05, 0) is 48.9 Å². The molecular weight excluding hydrogens is 526 g/mol. The van der Waals surface area contributed by atoms with Crippen molar-refractivity contribution in [1.82, 2.24) is 10.2 Å². The Hall–Kier alpha value is -4.11. The van der Waals surface area contributed by atoms with Gasteiger partial charge in [-0.2, -0.15) is 0 Å². The number of anilines is 1. The van der Waals surface area contributed by atoms with Gasteiger partial charge in [0.1, 0.15) is 5.70 Å². The first-order valence-corrected chi connectivity index (χ1v) is 11.9. The number of para-hydroxylation sites is 1. The van der Waals surface area contributed by atoms with Crippen LogP contribution in [0.1, 0.15) is 16.7 Å². The number of carbonyl (C=O) groups excluding carboxylic acids is 3. The zero-order chi connectivity index (χ0) is 25.7. The van der Waals surface area contributed by atoms with Crippen LogP contribution in [-0.2, 0) is 16.1 Å². The third-order valence-corrected chi connectivity index (χ3v) is 5.96. The molecule has 9 heteroatoms. The van der Waals surface area contributed by atoms with Crippen LogP contribution in [0.3, 0.4) is 0 Å². The molecule has 4 rings (SSSR count). The normalized spacial score (nSPS) is 14.1. The fourth-order valence-corrected chi connectivity index (χ4v) is 3.84. The molecule has 1 saturated heterocycles. The van der Waals surface area contributed by atoms with Crippen LogP contribution in [0.4, 0.5) is 10.5 Å². The lowest BCUT2D eigenvalue weighted by Gasteiger charge is -2.14. The molecule has 2 N–H and O–H groups in total. The number of halogens is 1. The summed E-state index contributed by atoms with van der Waals surface area (Å²) in [6, 6.07) is 19.4. The van der Waals surface area contributed by atoms with Crippen LogP contribution in [0, 0.1) is 6.92 Å². The zero-order valence-corrected chi connectivity index (χ0v) is 21.3. The summed E-state index contributed by atoms with van der Waals surface area (Å²) in [5.74, 6) is -0.154. The number of imide groups is 1. The minimum Gasteiger partial charge on any atom is -0.493 e. The Morgan fingerprint density at radius 2 is 1.78 bits per heavy atom. The van der Waals surface area contributed by atoms with Crippen molar-refractivity contribution in [1.29, 1.82) is 0 Å². The molecule has 0 atom stereocenters. The van der Waals surface area contributed by atoms with Crippen molar-refractivity contribution < 1.29 is 23.9 Å². The topological polar surface area (TPSA) is 97.0 Å². The average Bonchev–Trinajstić information content (AvgIpc) is 3.13. The number of hydrogen-bond acceptors (Lipinski definition) is 5. The minimum absolute atomic E-state index is 0.0966. The summed E-state index contributed by atoms with van der Waals surface area (Å²) in [7, 11) is 1.48. The van der Waals surface area contributed by atoms with Gasteiger partial charge >= 0.3 is 6.03 Å². The van der Waals surface area contributed by atoms with Crippen LogP contribution in [0.2, 0.25) is 0 Å². The number of urea groups is 1. The number of methoxy groups -OCH3 is 1. The number of carbonyl (C=O) groups is 3. The molecule has 0 bridgehead atoms. The first kappa shape index (κ1) is 25.0. The van der Waals surface area contributed by atoms with Crippen LogP contribution >= 0.6 is 15.9 Å². The predicted octanol–water partition coefficient (Wildman–Crippen LogP) is 4.88. The first-order valence-electron chi connectivity index (χ1n) is 11.1. The van der Waals surface area contributed by atoms with Crippen molar-refractivity contribution >= 4 is 45.5 Å². The van der Waals surface area contributed by atoms with Gasteiger partial charge in [0, 0.05) is 15.7 Å². The molecule has 1 heterocycles. The Balaban J connectivity index is 1.50. The van der Waals surface area contributed by atoms with E-state index in [9.17, 15) is 14.4 Å². The van der Waals surface area contributed by atoms with Crippen LogP contribution in [0.5, 0.6) is 11.5 Å². The molecule has 3 aromatic carbocycles. The molecule has 0 saturated carbocycles. The van der Waals surface area contributed by atoms with Gasteiger partial charge in [-0.3, -0.25) is 14.5 Å². The van der Waals surface area contributed by atoms with Gasteiger partial charge in [0.15, 0.2) is 18.1 Å². The number of nitrogens with one attached hydrogen (secondary N) is 2. The minimum atomic E-state index is -0.517. The van der Waals surface area contributed by atoms with Crippen molar-refractivity contribution in [2.75, 3.05) is 19.0 Å². The molecule has 8 nitrogen and oxygen atoms in total. The summed E-state index contributed by atoms with van der Waals surface area (Å²) in [4.78, 5) is 39.1. The van der Waals surface area contributed by atoms with Crippen LogP contribution < -0.4 is 20.1 Å². The fraction of sp³-hybridized carbons (Fsp3) is 0.148. The maximum atomic E-state index is 13.0. The molecule has 0 aromatic heterocycles. The van der Waals surface area contributed by atoms with E-state index in [0.29, 0.717) is 17.0 Å². The highest BCUT2D eigenvalue weighted by Gasteiger charge is 2.33. The highest BCUT2D eigenvalue weighted by molar-refractivity contribution is 9.10. The van der Waals surface area contributed by atoms with Gasteiger partial charge in [-0.15, -0.1) is 0 Å². The van der Waals surface area contributed by atoms with E-state index in [0.717, 1.165) is 20.5 Å². The SMILES string of the molecule is COc1cccc(C=C2NC(=O)N(Cc3ccc(Br)cc3)C2=O)c1OCC(=O)Nc1ccc(C)cc1. The lowest BCUT2D eigenvalue weighted by Crippen LogP contribution is -2.30. The summed E-state index contributed by atoms with van der Waals surface area (Å²) in [6.07, 6.45) is 1.51. The molecule has 0 radical (unpaired) electrons. The Morgan fingerprint density at radius 1 is 1.06 bits per heavy atom. The standard InChI is InChI=1S/C27H24BrN3O5/c1-17-6-12-21(13-7-17)29-24(32)16-36-25-19(4-3-5-23(25)35-2)14-22-26(33)31(27(34)30-22)15-18-8-10-20(28)11-9-18/h3-14H,15-16H2,1-2H3,(H,29,32)(H,30,34).